The molecule has 0 aromatic carbocycles. The Bertz CT molecular complexity index is 670. The molecule has 0 aliphatic carbocycles. The summed E-state index contributed by atoms with van der Waals surface area (Å²) in [6.45, 7) is 2.33. The highest BCUT2D eigenvalue weighted by molar-refractivity contribution is 5.85. The fourth-order valence-electron chi connectivity index (χ4n) is 1.83. The van der Waals surface area contributed by atoms with Crippen molar-refractivity contribution in [2.24, 2.45) is 0 Å². The van der Waals surface area contributed by atoms with Gasteiger partial charge in [0.05, 0.1) is 6.20 Å². The van der Waals surface area contributed by atoms with Crippen LogP contribution in [0.5, 0.6) is 0 Å². The first-order valence-electron chi connectivity index (χ1n) is 6.42. The van der Waals surface area contributed by atoms with E-state index in [-0.39, 0.29) is 12.4 Å². The Labute approximate surface area is 128 Å². The summed E-state index contributed by atoms with van der Waals surface area (Å²) < 4.78 is 1.77. The Morgan fingerprint density at radius 2 is 1.90 bits per heavy atom. The number of aromatic nitrogens is 5. The SMILES string of the molecule is Cl.c1cnc(NCCNCc2cnc3ccnn3c2)nc1. The van der Waals surface area contributed by atoms with Gasteiger partial charge in [0.15, 0.2) is 5.65 Å². The molecule has 0 saturated heterocycles. The van der Waals surface area contributed by atoms with Crippen LogP contribution in [0.15, 0.2) is 43.1 Å². The van der Waals surface area contributed by atoms with Gasteiger partial charge in [-0.1, -0.05) is 0 Å². The number of hydrogen-bond acceptors (Lipinski definition) is 6. The van der Waals surface area contributed by atoms with Crippen molar-refractivity contribution in [3.63, 3.8) is 0 Å². The van der Waals surface area contributed by atoms with Crippen molar-refractivity contribution in [2.45, 2.75) is 6.54 Å². The van der Waals surface area contributed by atoms with Gasteiger partial charge in [-0.15, -0.1) is 12.4 Å². The highest BCUT2D eigenvalue weighted by Crippen LogP contribution is 2.01. The molecule has 0 amide bonds. The standard InChI is InChI=1S/C13H15N7.ClH/c1-3-15-13(16-4-1)17-7-6-14-8-11-9-18-12-2-5-19-20(12)10-11;/h1-5,9-10,14H,6-8H2,(H,15,16,17);1H. The second-order valence-corrected chi connectivity index (χ2v) is 4.27. The lowest BCUT2D eigenvalue weighted by Crippen LogP contribution is -2.22. The minimum Gasteiger partial charge on any atom is -0.353 e. The predicted octanol–water partition coefficient (Wildman–Crippen LogP) is 1.14. The van der Waals surface area contributed by atoms with Crippen molar-refractivity contribution in [3.05, 3.63) is 48.7 Å². The van der Waals surface area contributed by atoms with Crippen molar-refractivity contribution < 1.29 is 0 Å². The molecular formula is C13H16ClN7. The van der Waals surface area contributed by atoms with Gasteiger partial charge in [0.2, 0.25) is 5.95 Å². The van der Waals surface area contributed by atoms with Crippen LogP contribution in [0.25, 0.3) is 5.65 Å². The number of hydrogen-bond donors (Lipinski definition) is 2. The first-order valence-corrected chi connectivity index (χ1v) is 6.42. The predicted molar refractivity (Wildman–Crippen MR) is 82.5 cm³/mol. The van der Waals surface area contributed by atoms with Crippen molar-refractivity contribution >= 4 is 24.0 Å². The number of nitrogens with zero attached hydrogens (tertiary/aromatic N) is 5. The van der Waals surface area contributed by atoms with Gasteiger partial charge in [0.1, 0.15) is 0 Å². The van der Waals surface area contributed by atoms with Crippen LogP contribution in [0.4, 0.5) is 5.95 Å². The number of nitrogens with one attached hydrogen (secondary N) is 2. The van der Waals surface area contributed by atoms with Gasteiger partial charge in [0, 0.05) is 56.1 Å². The highest BCUT2D eigenvalue weighted by Gasteiger charge is 1.98. The van der Waals surface area contributed by atoms with Crippen LogP contribution in [-0.4, -0.2) is 37.7 Å². The smallest absolute Gasteiger partial charge is 0.222 e. The zero-order valence-corrected chi connectivity index (χ0v) is 12.1. The Balaban J connectivity index is 0.00000161. The third-order valence-electron chi connectivity index (χ3n) is 2.78. The van der Waals surface area contributed by atoms with E-state index in [1.807, 2.05) is 18.5 Å². The zero-order chi connectivity index (χ0) is 13.6. The summed E-state index contributed by atoms with van der Waals surface area (Å²) in [7, 11) is 0. The van der Waals surface area contributed by atoms with Crippen LogP contribution < -0.4 is 10.6 Å². The molecule has 0 aliphatic heterocycles. The maximum atomic E-state index is 4.31. The summed E-state index contributed by atoms with van der Waals surface area (Å²) in [4.78, 5) is 12.5. The summed E-state index contributed by atoms with van der Waals surface area (Å²) in [5, 5.41) is 10.6. The van der Waals surface area contributed by atoms with Crippen molar-refractivity contribution in [2.75, 3.05) is 18.4 Å². The molecule has 3 rings (SSSR count). The van der Waals surface area contributed by atoms with E-state index in [2.05, 4.69) is 30.7 Å². The zero-order valence-electron chi connectivity index (χ0n) is 11.3. The summed E-state index contributed by atoms with van der Waals surface area (Å²) in [5.74, 6) is 0.647. The molecule has 0 atom stereocenters. The number of anilines is 1. The first kappa shape index (κ1) is 15.1. The molecule has 0 spiro atoms. The molecule has 7 nitrogen and oxygen atoms in total. The van der Waals surface area contributed by atoms with E-state index in [9.17, 15) is 0 Å². The Morgan fingerprint density at radius 1 is 1.05 bits per heavy atom. The normalized spacial score (nSPS) is 10.3. The van der Waals surface area contributed by atoms with Gasteiger partial charge in [-0.05, 0) is 6.07 Å². The minimum atomic E-state index is 0. The Kier molecular flexibility index (Phi) is 5.42. The van der Waals surface area contributed by atoms with Crippen molar-refractivity contribution in [3.8, 4) is 0 Å². The molecule has 0 unspecified atom stereocenters. The first-order chi connectivity index (χ1) is 9.92. The van der Waals surface area contributed by atoms with Crippen LogP contribution >= 0.6 is 12.4 Å². The molecule has 110 valence electrons. The minimum absolute atomic E-state index is 0. The summed E-state index contributed by atoms with van der Waals surface area (Å²) in [6, 6.07) is 3.67. The molecule has 3 heterocycles. The number of rotatable bonds is 6. The molecule has 3 aromatic rings. The second kappa shape index (κ2) is 7.51. The lowest BCUT2D eigenvalue weighted by molar-refractivity contribution is 0.697. The molecule has 8 heteroatoms. The van der Waals surface area contributed by atoms with Gasteiger partial charge in [-0.2, -0.15) is 5.10 Å². The lowest BCUT2D eigenvalue weighted by Gasteiger charge is -2.06. The van der Waals surface area contributed by atoms with Crippen LogP contribution in [0.3, 0.4) is 0 Å². The molecule has 0 radical (unpaired) electrons. The van der Waals surface area contributed by atoms with Crippen LogP contribution in [0.2, 0.25) is 0 Å². The van der Waals surface area contributed by atoms with Crippen molar-refractivity contribution in [1.82, 2.24) is 29.9 Å². The molecule has 0 saturated carbocycles. The average Bonchev–Trinajstić information content (AvgIpc) is 2.95. The monoisotopic (exact) mass is 305 g/mol. The third kappa shape index (κ3) is 4.11. The fourth-order valence-corrected chi connectivity index (χ4v) is 1.83. The molecular weight excluding hydrogens is 290 g/mol. The van der Waals surface area contributed by atoms with E-state index in [0.29, 0.717) is 5.95 Å². The van der Waals surface area contributed by atoms with E-state index in [4.69, 9.17) is 0 Å². The van der Waals surface area contributed by atoms with E-state index in [1.165, 1.54) is 0 Å². The summed E-state index contributed by atoms with van der Waals surface area (Å²) in [5.41, 5.74) is 1.95. The van der Waals surface area contributed by atoms with Gasteiger partial charge < -0.3 is 10.6 Å². The topological polar surface area (TPSA) is 80.0 Å². The van der Waals surface area contributed by atoms with E-state index in [1.54, 1.807) is 29.2 Å². The quantitative estimate of drug-likeness (QED) is 0.665. The molecule has 0 fully saturated rings. The largest absolute Gasteiger partial charge is 0.353 e. The second-order valence-electron chi connectivity index (χ2n) is 4.27. The molecule has 0 aliphatic rings. The van der Waals surface area contributed by atoms with Gasteiger partial charge in [-0.25, -0.2) is 19.5 Å². The van der Waals surface area contributed by atoms with E-state index >= 15 is 0 Å². The average molecular weight is 306 g/mol. The number of fused-ring (bicyclic) bond motifs is 1. The van der Waals surface area contributed by atoms with Crippen LogP contribution in [0.1, 0.15) is 5.56 Å². The maximum absolute atomic E-state index is 4.31. The molecule has 2 N–H and O–H groups in total. The van der Waals surface area contributed by atoms with Gasteiger partial charge in [0.25, 0.3) is 0 Å². The summed E-state index contributed by atoms with van der Waals surface area (Å²) >= 11 is 0. The fraction of sp³-hybridized carbons (Fsp3) is 0.231. The van der Waals surface area contributed by atoms with Crippen LogP contribution in [0, 0.1) is 0 Å². The van der Waals surface area contributed by atoms with Gasteiger partial charge in [-0.3, -0.25) is 0 Å². The lowest BCUT2D eigenvalue weighted by atomic mass is 10.3. The summed E-state index contributed by atoms with van der Waals surface area (Å²) in [6.07, 6.45) is 9.01. The van der Waals surface area contributed by atoms with Crippen molar-refractivity contribution in [1.29, 1.82) is 0 Å². The molecule has 0 bridgehead atoms. The van der Waals surface area contributed by atoms with Crippen LogP contribution in [-0.2, 0) is 6.54 Å². The van der Waals surface area contributed by atoms with E-state index in [0.717, 1.165) is 30.8 Å². The number of halogens is 1. The van der Waals surface area contributed by atoms with E-state index < -0.39 is 0 Å². The Hall–Kier alpha value is -2.25. The third-order valence-corrected chi connectivity index (χ3v) is 2.78. The molecule has 21 heavy (non-hydrogen) atoms. The van der Waals surface area contributed by atoms with Gasteiger partial charge >= 0.3 is 0 Å². The maximum Gasteiger partial charge on any atom is 0.222 e. The highest BCUT2D eigenvalue weighted by atomic mass is 35.5. The molecule has 3 aromatic heterocycles. The Morgan fingerprint density at radius 3 is 2.76 bits per heavy atom.